The molecule has 0 aliphatic heterocycles. The monoisotopic (exact) mass is 222 g/mol. The van der Waals surface area contributed by atoms with E-state index < -0.39 is 12.3 Å². The number of hydrogen-bond acceptors (Lipinski definition) is 2. The van der Waals surface area contributed by atoms with Crippen LogP contribution < -0.4 is 0 Å². The van der Waals surface area contributed by atoms with E-state index in [2.05, 4.69) is 4.52 Å². The highest BCUT2D eigenvalue weighted by molar-refractivity contribution is 7.46. The summed E-state index contributed by atoms with van der Waals surface area (Å²) in [6.45, 7) is 1.77. The van der Waals surface area contributed by atoms with E-state index in [9.17, 15) is 4.57 Å². The van der Waals surface area contributed by atoms with Crippen molar-refractivity contribution >= 4 is 31.0 Å². The van der Waals surface area contributed by atoms with Gasteiger partial charge in [0.2, 0.25) is 4.52 Å². The molecule has 0 radical (unpaired) electrons. The molecule has 0 unspecified atom stereocenters. The topological polar surface area (TPSA) is 66.8 Å². The molecule has 0 aliphatic carbocycles. The van der Waals surface area contributed by atoms with Crippen LogP contribution >= 0.6 is 31.0 Å². The van der Waals surface area contributed by atoms with Crippen LogP contribution in [0.3, 0.4) is 0 Å². The first-order valence-electron chi connectivity index (χ1n) is 2.91. The van der Waals surface area contributed by atoms with Gasteiger partial charge in [-0.15, -0.1) is 0 Å². The van der Waals surface area contributed by atoms with Gasteiger partial charge in [0, 0.05) is 6.42 Å². The number of alkyl halides is 2. The third-order valence-corrected chi connectivity index (χ3v) is 2.09. The van der Waals surface area contributed by atoms with Crippen molar-refractivity contribution in [2.75, 3.05) is 0 Å². The van der Waals surface area contributed by atoms with Crippen LogP contribution in [0.15, 0.2) is 0 Å². The molecule has 0 fully saturated rings. The summed E-state index contributed by atoms with van der Waals surface area (Å²) in [5, 5.41) is 0. The fourth-order valence-corrected chi connectivity index (χ4v) is 1.87. The Morgan fingerprint density at radius 3 is 2.27 bits per heavy atom. The number of halogens is 2. The summed E-state index contributed by atoms with van der Waals surface area (Å²) in [5.41, 5.74) is 0. The van der Waals surface area contributed by atoms with Crippen molar-refractivity contribution < 1.29 is 18.9 Å². The van der Waals surface area contributed by atoms with E-state index in [0.717, 1.165) is 0 Å². The normalized spacial score (nSPS) is 13.5. The molecule has 0 bridgehead atoms. The Bertz CT molecular complexity index is 165. The van der Waals surface area contributed by atoms with E-state index in [-0.39, 0.29) is 6.42 Å². The first kappa shape index (κ1) is 11.7. The quantitative estimate of drug-likeness (QED) is 0.565. The second-order valence-corrected chi connectivity index (χ2v) is 4.55. The minimum Gasteiger partial charge on any atom is -0.303 e. The largest absolute Gasteiger partial charge is 0.472 e. The standard InChI is InChI=1S/C4H9Cl2O4P/c1-2-3-4(5,6)10-11(7,8)9/h2-3H2,1H3,(H2,7,8,9). The van der Waals surface area contributed by atoms with Crippen LogP contribution in [-0.2, 0) is 9.09 Å². The molecule has 0 saturated heterocycles. The molecule has 0 aromatic carbocycles. The third kappa shape index (κ3) is 7.06. The Labute approximate surface area is 74.7 Å². The molecule has 11 heavy (non-hydrogen) atoms. The highest BCUT2D eigenvalue weighted by Crippen LogP contribution is 2.46. The molecule has 2 N–H and O–H groups in total. The zero-order valence-corrected chi connectivity index (χ0v) is 8.23. The van der Waals surface area contributed by atoms with E-state index in [1.807, 2.05) is 0 Å². The smallest absolute Gasteiger partial charge is 0.303 e. The maximum Gasteiger partial charge on any atom is 0.472 e. The molecule has 0 saturated carbocycles. The fourth-order valence-electron chi connectivity index (χ4n) is 0.511. The molecular formula is C4H9Cl2O4P. The summed E-state index contributed by atoms with van der Waals surface area (Å²) in [4.78, 5) is 16.6. The SMILES string of the molecule is CCCC(Cl)(Cl)OP(=O)(O)O. The molecule has 0 spiro atoms. The van der Waals surface area contributed by atoms with Crippen molar-refractivity contribution in [1.82, 2.24) is 0 Å². The lowest BCUT2D eigenvalue weighted by Crippen LogP contribution is -2.15. The molecule has 4 nitrogen and oxygen atoms in total. The summed E-state index contributed by atoms with van der Waals surface area (Å²) >= 11 is 10.7. The van der Waals surface area contributed by atoms with Crippen LogP contribution in [0, 0.1) is 0 Å². The number of phosphoric acid groups is 1. The number of phosphoric ester groups is 1. The van der Waals surface area contributed by atoms with Crippen molar-refractivity contribution in [1.29, 1.82) is 0 Å². The summed E-state index contributed by atoms with van der Waals surface area (Å²) < 4.78 is 12.5. The predicted octanol–water partition coefficient (Wildman–Crippen LogP) is 2.03. The molecule has 0 aromatic rings. The van der Waals surface area contributed by atoms with Gasteiger partial charge in [0.25, 0.3) is 0 Å². The molecule has 0 rings (SSSR count). The Hall–Kier alpha value is 0.690. The van der Waals surface area contributed by atoms with Gasteiger partial charge in [-0.25, -0.2) is 9.09 Å². The summed E-state index contributed by atoms with van der Waals surface area (Å²) in [6.07, 6.45) is 0.744. The first-order valence-corrected chi connectivity index (χ1v) is 5.19. The Kier molecular flexibility index (Phi) is 4.33. The van der Waals surface area contributed by atoms with E-state index in [1.165, 1.54) is 0 Å². The Balaban J connectivity index is 4.02. The minimum atomic E-state index is -4.58. The van der Waals surface area contributed by atoms with Gasteiger partial charge in [-0.05, 0) is 0 Å². The first-order chi connectivity index (χ1) is 4.77. The zero-order valence-electron chi connectivity index (χ0n) is 5.83. The van der Waals surface area contributed by atoms with Crippen LogP contribution in [0.4, 0.5) is 0 Å². The molecule has 0 aliphatic rings. The molecule has 68 valence electrons. The van der Waals surface area contributed by atoms with E-state index in [0.29, 0.717) is 6.42 Å². The second kappa shape index (κ2) is 4.08. The van der Waals surface area contributed by atoms with Gasteiger partial charge < -0.3 is 9.79 Å². The maximum absolute atomic E-state index is 10.2. The highest BCUT2D eigenvalue weighted by atomic mass is 35.5. The van der Waals surface area contributed by atoms with Crippen molar-refractivity contribution in [3.8, 4) is 0 Å². The van der Waals surface area contributed by atoms with Crippen LogP contribution in [0.25, 0.3) is 0 Å². The van der Waals surface area contributed by atoms with Gasteiger partial charge in [-0.2, -0.15) is 0 Å². The molecule has 0 heterocycles. The van der Waals surface area contributed by atoms with Gasteiger partial charge in [-0.3, -0.25) is 0 Å². The van der Waals surface area contributed by atoms with Crippen molar-refractivity contribution in [2.24, 2.45) is 0 Å². The fraction of sp³-hybridized carbons (Fsp3) is 1.00. The minimum absolute atomic E-state index is 0.168. The van der Waals surface area contributed by atoms with E-state index >= 15 is 0 Å². The number of hydrogen-bond donors (Lipinski definition) is 2. The predicted molar refractivity (Wildman–Crippen MR) is 42.5 cm³/mol. The van der Waals surface area contributed by atoms with E-state index in [1.54, 1.807) is 6.92 Å². The lowest BCUT2D eigenvalue weighted by molar-refractivity contribution is 0.149. The maximum atomic E-state index is 10.2. The van der Waals surface area contributed by atoms with E-state index in [4.69, 9.17) is 33.0 Å². The van der Waals surface area contributed by atoms with Crippen LogP contribution in [-0.4, -0.2) is 14.3 Å². The highest BCUT2D eigenvalue weighted by Gasteiger charge is 2.32. The van der Waals surface area contributed by atoms with Crippen molar-refractivity contribution in [3.63, 3.8) is 0 Å². The lowest BCUT2D eigenvalue weighted by Gasteiger charge is -2.18. The lowest BCUT2D eigenvalue weighted by atomic mass is 10.4. The average Bonchev–Trinajstić information content (AvgIpc) is 1.55. The molecule has 0 aromatic heterocycles. The molecular weight excluding hydrogens is 214 g/mol. The Morgan fingerprint density at radius 1 is 1.55 bits per heavy atom. The van der Waals surface area contributed by atoms with Crippen LogP contribution in [0.5, 0.6) is 0 Å². The summed E-state index contributed by atoms with van der Waals surface area (Å²) in [7, 11) is -4.58. The van der Waals surface area contributed by atoms with Gasteiger partial charge in [0.15, 0.2) is 0 Å². The molecule has 7 heteroatoms. The summed E-state index contributed by atoms with van der Waals surface area (Å²) in [6, 6.07) is 0. The van der Waals surface area contributed by atoms with Crippen LogP contribution in [0.1, 0.15) is 19.8 Å². The van der Waals surface area contributed by atoms with Gasteiger partial charge in [-0.1, -0.05) is 36.5 Å². The second-order valence-electron chi connectivity index (χ2n) is 1.97. The molecule has 0 atom stereocenters. The van der Waals surface area contributed by atoms with Gasteiger partial charge >= 0.3 is 7.82 Å². The molecule has 0 amide bonds. The van der Waals surface area contributed by atoms with Gasteiger partial charge in [0.1, 0.15) is 0 Å². The summed E-state index contributed by atoms with van der Waals surface area (Å²) in [5.74, 6) is 0. The average molecular weight is 223 g/mol. The van der Waals surface area contributed by atoms with Crippen molar-refractivity contribution in [2.45, 2.75) is 24.3 Å². The van der Waals surface area contributed by atoms with Gasteiger partial charge in [0.05, 0.1) is 0 Å². The Morgan fingerprint density at radius 2 is 2.00 bits per heavy atom. The van der Waals surface area contributed by atoms with Crippen molar-refractivity contribution in [3.05, 3.63) is 0 Å². The third-order valence-electron chi connectivity index (χ3n) is 0.794. The zero-order chi connectivity index (χ0) is 9.12. The number of rotatable bonds is 4. The van der Waals surface area contributed by atoms with Crippen LogP contribution in [0.2, 0.25) is 0 Å².